The maximum Gasteiger partial charge on any atom is 0.425 e. The molecule has 0 aliphatic heterocycles. The van der Waals surface area contributed by atoms with Gasteiger partial charge in [-0.25, -0.2) is 4.98 Å². The lowest BCUT2D eigenvalue weighted by molar-refractivity contribution is -0.134. The number of hydrogen-bond acceptors (Lipinski definition) is 6. The van der Waals surface area contributed by atoms with Crippen LogP contribution >= 0.6 is 22.7 Å². The van der Waals surface area contributed by atoms with Crippen LogP contribution in [0.1, 0.15) is 19.4 Å². The molecule has 3 aromatic heterocycles. The van der Waals surface area contributed by atoms with E-state index in [1.165, 1.54) is 0 Å². The number of hydrogen-bond donors (Lipinski definition) is 1. The highest BCUT2D eigenvalue weighted by Gasteiger charge is 2.33. The van der Waals surface area contributed by atoms with Crippen molar-refractivity contribution in [2.24, 2.45) is 0 Å². The van der Waals surface area contributed by atoms with Crippen molar-refractivity contribution in [1.29, 1.82) is 5.26 Å². The summed E-state index contributed by atoms with van der Waals surface area (Å²) in [4.78, 5) is 19.6. The van der Waals surface area contributed by atoms with Crippen LogP contribution in [0.5, 0.6) is 0 Å². The zero-order chi connectivity index (χ0) is 18.0. The highest BCUT2D eigenvalue weighted by molar-refractivity contribution is 7.17. The molecule has 0 saturated heterocycles. The summed E-state index contributed by atoms with van der Waals surface area (Å²) in [6.45, 7) is 0. The van der Waals surface area contributed by atoms with Crippen LogP contribution in [0.3, 0.4) is 0 Å². The Hall–Kier alpha value is -2.77. The lowest BCUT2D eigenvalue weighted by Crippen LogP contribution is -2.09. The van der Waals surface area contributed by atoms with Gasteiger partial charge >= 0.3 is 6.18 Å². The minimum Gasteiger partial charge on any atom is -0.297 e. The second-order valence-corrected chi connectivity index (χ2v) is 6.72. The monoisotopic (exact) mass is 380 g/mol. The van der Waals surface area contributed by atoms with Gasteiger partial charge in [-0.05, 0) is 24.3 Å². The second-order valence-electron chi connectivity index (χ2n) is 4.64. The maximum atomic E-state index is 12.6. The number of nitrogens with one attached hydrogen (secondary N) is 1. The van der Waals surface area contributed by atoms with Crippen LogP contribution in [0.4, 0.5) is 18.3 Å². The molecule has 3 rings (SSSR count). The fraction of sp³-hybridized carbons (Fsp3) is 0.0667. The Kier molecular flexibility index (Phi) is 4.52. The van der Waals surface area contributed by atoms with E-state index in [-0.39, 0.29) is 14.9 Å². The minimum atomic E-state index is -4.50. The number of carbonyl (C=O) groups excluding carboxylic acids is 1. The van der Waals surface area contributed by atoms with Crippen LogP contribution in [0.25, 0.3) is 11.4 Å². The third-order valence-corrected chi connectivity index (χ3v) is 4.97. The molecule has 1 N–H and O–H groups in total. The van der Waals surface area contributed by atoms with Crippen molar-refractivity contribution in [2.75, 3.05) is 5.32 Å². The number of amides is 1. The first-order valence-electron chi connectivity index (χ1n) is 6.69. The Bertz CT molecular complexity index is 957. The van der Waals surface area contributed by atoms with Gasteiger partial charge in [0.2, 0.25) is 0 Å². The molecule has 0 aliphatic carbocycles. The molecule has 3 heterocycles. The number of nitriles is 1. The quantitative estimate of drug-likeness (QED) is 0.730. The lowest BCUT2D eigenvalue weighted by Gasteiger charge is -2.01. The summed E-state index contributed by atoms with van der Waals surface area (Å²) < 4.78 is 37.8. The summed E-state index contributed by atoms with van der Waals surface area (Å²) in [6.07, 6.45) is -2.96. The average molecular weight is 380 g/mol. The number of pyridine rings is 1. The molecule has 0 unspecified atom stereocenters. The van der Waals surface area contributed by atoms with E-state index in [0.29, 0.717) is 22.7 Å². The number of alkyl halides is 3. The summed E-state index contributed by atoms with van der Waals surface area (Å²) in [7, 11) is 0. The largest absolute Gasteiger partial charge is 0.425 e. The number of carbonyl (C=O) groups is 1. The third-order valence-electron chi connectivity index (χ3n) is 2.97. The van der Waals surface area contributed by atoms with Crippen molar-refractivity contribution in [3.63, 3.8) is 0 Å². The van der Waals surface area contributed by atoms with Crippen molar-refractivity contribution >= 4 is 33.7 Å². The van der Waals surface area contributed by atoms with Crippen molar-refractivity contribution in [3.8, 4) is 17.5 Å². The van der Waals surface area contributed by atoms with Crippen LogP contribution in [0.15, 0.2) is 36.5 Å². The Labute approximate surface area is 147 Å². The van der Waals surface area contributed by atoms with E-state index in [4.69, 9.17) is 0 Å². The Morgan fingerprint density at radius 2 is 2.00 bits per heavy atom. The number of thiophene rings is 1. The number of halogens is 3. The molecule has 0 fully saturated rings. The molecular formula is C15H7F3N4OS2. The zero-order valence-corrected chi connectivity index (χ0v) is 13.8. The molecule has 1 amide bonds. The van der Waals surface area contributed by atoms with Crippen molar-refractivity contribution in [3.05, 3.63) is 51.2 Å². The lowest BCUT2D eigenvalue weighted by atomic mass is 10.2. The molecule has 10 heteroatoms. The number of thiazole rings is 1. The van der Waals surface area contributed by atoms with Crippen LogP contribution in [0.2, 0.25) is 0 Å². The van der Waals surface area contributed by atoms with Crippen molar-refractivity contribution in [2.45, 2.75) is 6.18 Å². The van der Waals surface area contributed by atoms with E-state index >= 15 is 0 Å². The number of rotatable bonds is 3. The minimum absolute atomic E-state index is 0.0968. The van der Waals surface area contributed by atoms with Crippen LogP contribution in [-0.4, -0.2) is 15.9 Å². The Morgan fingerprint density at radius 3 is 2.60 bits per heavy atom. The van der Waals surface area contributed by atoms with Crippen LogP contribution in [0, 0.1) is 11.3 Å². The number of anilines is 1. The summed E-state index contributed by atoms with van der Waals surface area (Å²) >= 11 is 1.27. The highest BCUT2D eigenvalue weighted by Crippen LogP contribution is 2.35. The molecule has 0 spiro atoms. The van der Waals surface area contributed by atoms with Gasteiger partial charge in [-0.2, -0.15) is 18.4 Å². The summed E-state index contributed by atoms with van der Waals surface area (Å²) in [5.41, 5.74) is 0.775. The van der Waals surface area contributed by atoms with Crippen molar-refractivity contribution in [1.82, 2.24) is 9.97 Å². The van der Waals surface area contributed by atoms with Crippen LogP contribution < -0.4 is 5.32 Å². The topological polar surface area (TPSA) is 78.7 Å². The fourth-order valence-electron chi connectivity index (χ4n) is 1.90. The second kappa shape index (κ2) is 6.62. The molecule has 3 aromatic rings. The van der Waals surface area contributed by atoms with Gasteiger partial charge < -0.3 is 0 Å². The number of nitrogens with zero attached hydrogens (tertiary/aromatic N) is 3. The molecule has 25 heavy (non-hydrogen) atoms. The molecule has 0 atom stereocenters. The molecular weight excluding hydrogens is 373 g/mol. The van der Waals surface area contributed by atoms with E-state index in [9.17, 15) is 23.2 Å². The molecule has 5 nitrogen and oxygen atoms in total. The van der Waals surface area contributed by atoms with E-state index in [2.05, 4.69) is 15.3 Å². The normalized spacial score (nSPS) is 11.1. The molecule has 0 aromatic carbocycles. The van der Waals surface area contributed by atoms with Gasteiger partial charge in [-0.15, -0.1) is 11.3 Å². The molecule has 0 bridgehead atoms. The van der Waals surface area contributed by atoms with E-state index in [0.717, 1.165) is 23.5 Å². The smallest absolute Gasteiger partial charge is 0.297 e. The SMILES string of the molecule is N#Cc1sc(NC(=O)c2ccc(C(F)(F)F)s2)nc1-c1ccccn1. The van der Waals surface area contributed by atoms with Crippen molar-refractivity contribution < 1.29 is 18.0 Å². The summed E-state index contributed by atoms with van der Waals surface area (Å²) in [6, 6.07) is 9.02. The van der Waals surface area contributed by atoms with Gasteiger partial charge in [0.1, 0.15) is 21.5 Å². The first-order chi connectivity index (χ1) is 11.9. The third kappa shape index (κ3) is 3.67. The predicted molar refractivity (Wildman–Crippen MR) is 87.3 cm³/mol. The van der Waals surface area contributed by atoms with Gasteiger partial charge in [0, 0.05) is 6.20 Å². The molecule has 0 aliphatic rings. The van der Waals surface area contributed by atoms with Crippen LogP contribution in [-0.2, 0) is 6.18 Å². The Balaban J connectivity index is 1.84. The zero-order valence-electron chi connectivity index (χ0n) is 12.2. The average Bonchev–Trinajstić information content (AvgIpc) is 3.22. The summed E-state index contributed by atoms with van der Waals surface area (Å²) in [5.74, 6) is -0.716. The van der Waals surface area contributed by atoms with E-state index in [1.54, 1.807) is 24.4 Å². The standard InChI is InChI=1S/C15H7F3N4OS2/c16-15(17,18)11-5-4-9(24-11)13(23)22-14-21-12(10(7-19)25-14)8-3-1-2-6-20-8/h1-6H,(H,21,22,23). The molecule has 126 valence electrons. The first kappa shape index (κ1) is 17.1. The highest BCUT2D eigenvalue weighted by atomic mass is 32.1. The molecule has 0 saturated carbocycles. The van der Waals surface area contributed by atoms with Gasteiger partial charge in [-0.1, -0.05) is 17.4 Å². The van der Waals surface area contributed by atoms with Gasteiger partial charge in [0.05, 0.1) is 10.6 Å². The van der Waals surface area contributed by atoms with E-state index < -0.39 is 17.0 Å². The predicted octanol–water partition coefficient (Wildman–Crippen LogP) is 4.41. The summed E-state index contributed by atoms with van der Waals surface area (Å²) in [5, 5.41) is 11.7. The van der Waals surface area contributed by atoms with Gasteiger partial charge in [-0.3, -0.25) is 15.1 Å². The fourth-order valence-corrected chi connectivity index (χ4v) is 3.43. The van der Waals surface area contributed by atoms with Gasteiger partial charge in [0.15, 0.2) is 5.13 Å². The molecule has 0 radical (unpaired) electrons. The number of aromatic nitrogens is 2. The first-order valence-corrected chi connectivity index (χ1v) is 8.32. The maximum absolute atomic E-state index is 12.6. The van der Waals surface area contributed by atoms with Gasteiger partial charge in [0.25, 0.3) is 5.91 Å². The van der Waals surface area contributed by atoms with E-state index in [1.807, 2.05) is 6.07 Å². The Morgan fingerprint density at radius 1 is 1.20 bits per heavy atom.